The van der Waals surface area contributed by atoms with Crippen LogP contribution in [0.2, 0.25) is 0 Å². The average Bonchev–Trinajstić information content (AvgIpc) is 2.80. The van der Waals surface area contributed by atoms with Crippen LogP contribution in [0.15, 0.2) is 59.9 Å². The monoisotopic (exact) mass is 327 g/mol. The number of rotatable bonds is 3. The van der Waals surface area contributed by atoms with E-state index in [-0.39, 0.29) is 11.3 Å². The molecule has 3 rings (SSSR count). The van der Waals surface area contributed by atoms with E-state index in [1.54, 1.807) is 6.07 Å². The highest BCUT2D eigenvalue weighted by molar-refractivity contribution is 6.16. The Hall–Kier alpha value is -3.15. The van der Waals surface area contributed by atoms with Gasteiger partial charge in [0.15, 0.2) is 11.5 Å². The van der Waals surface area contributed by atoms with Crippen molar-refractivity contribution in [1.82, 2.24) is 0 Å². The van der Waals surface area contributed by atoms with Crippen molar-refractivity contribution in [3.05, 3.63) is 71.2 Å². The Balaban J connectivity index is 2.18. The highest BCUT2D eigenvalue weighted by Gasteiger charge is 2.43. The van der Waals surface area contributed by atoms with Gasteiger partial charge < -0.3 is 10.2 Å². The summed E-state index contributed by atoms with van der Waals surface area (Å²) in [5.74, 6) is -2.38. The number of phenols is 1. The molecule has 0 radical (unpaired) electrons. The minimum atomic E-state index is -0.935. The van der Waals surface area contributed by atoms with Gasteiger partial charge >= 0.3 is 0 Å². The van der Waals surface area contributed by atoms with Crippen LogP contribution in [0.1, 0.15) is 18.5 Å². The zero-order valence-corrected chi connectivity index (χ0v) is 12.7. The summed E-state index contributed by atoms with van der Waals surface area (Å²) in [6.07, 6.45) is 0. The van der Waals surface area contributed by atoms with Crippen LogP contribution >= 0.6 is 0 Å². The van der Waals surface area contributed by atoms with Gasteiger partial charge in [-0.3, -0.25) is 14.5 Å². The van der Waals surface area contributed by atoms with E-state index in [4.69, 9.17) is 0 Å². The molecule has 1 amide bonds. The number of benzene rings is 2. The molecule has 0 spiro atoms. The zero-order valence-electron chi connectivity index (χ0n) is 12.7. The highest BCUT2D eigenvalue weighted by Crippen LogP contribution is 2.41. The predicted molar refractivity (Wildman–Crippen MR) is 85.1 cm³/mol. The van der Waals surface area contributed by atoms with Gasteiger partial charge in [0.05, 0.1) is 11.6 Å². The fraction of sp³-hybridized carbons (Fsp3) is 0.111. The van der Waals surface area contributed by atoms with E-state index in [2.05, 4.69) is 0 Å². The first kappa shape index (κ1) is 15.7. The summed E-state index contributed by atoms with van der Waals surface area (Å²) >= 11 is 0. The molecule has 0 unspecified atom stereocenters. The van der Waals surface area contributed by atoms with Crippen LogP contribution in [0.3, 0.4) is 0 Å². The number of aliphatic hydroxyl groups is 1. The summed E-state index contributed by atoms with van der Waals surface area (Å²) in [7, 11) is 0. The molecule has 2 aromatic rings. The number of Topliss-reactive ketones (excluding diaryl/α,β-unsaturated/α-hetero) is 1. The number of phenolic OH excluding ortho intramolecular Hbond substituents is 1. The SMILES string of the molecule is CC(=O)C1=C(O)C(=O)N(c2ccc(O)cc2)[C@@H]1c1cccc(F)c1. The lowest BCUT2D eigenvalue weighted by Crippen LogP contribution is -2.30. The highest BCUT2D eigenvalue weighted by atomic mass is 19.1. The molecule has 0 saturated carbocycles. The maximum absolute atomic E-state index is 13.6. The van der Waals surface area contributed by atoms with E-state index < -0.39 is 29.3 Å². The lowest BCUT2D eigenvalue weighted by Gasteiger charge is -2.26. The van der Waals surface area contributed by atoms with Crippen LogP contribution in [0.25, 0.3) is 0 Å². The Morgan fingerprint density at radius 1 is 1.12 bits per heavy atom. The van der Waals surface area contributed by atoms with Crippen LogP contribution in [0, 0.1) is 5.82 Å². The Morgan fingerprint density at radius 3 is 2.38 bits per heavy atom. The van der Waals surface area contributed by atoms with Crippen LogP contribution < -0.4 is 4.90 Å². The second kappa shape index (κ2) is 5.81. The summed E-state index contributed by atoms with van der Waals surface area (Å²) < 4.78 is 13.6. The topological polar surface area (TPSA) is 77.8 Å². The van der Waals surface area contributed by atoms with E-state index >= 15 is 0 Å². The smallest absolute Gasteiger partial charge is 0.294 e. The number of nitrogens with zero attached hydrogens (tertiary/aromatic N) is 1. The second-order valence-corrected chi connectivity index (χ2v) is 5.47. The van der Waals surface area contributed by atoms with Crippen molar-refractivity contribution in [1.29, 1.82) is 0 Å². The summed E-state index contributed by atoms with van der Waals surface area (Å²) in [5.41, 5.74) is 0.652. The number of hydrogen-bond donors (Lipinski definition) is 2. The van der Waals surface area contributed by atoms with Gasteiger partial charge in [0.1, 0.15) is 11.6 Å². The van der Waals surface area contributed by atoms with Crippen molar-refractivity contribution in [2.24, 2.45) is 0 Å². The normalized spacial score (nSPS) is 17.5. The molecule has 5 nitrogen and oxygen atoms in total. The molecule has 0 saturated heterocycles. The molecule has 0 bridgehead atoms. The van der Waals surface area contributed by atoms with Gasteiger partial charge in [0.2, 0.25) is 0 Å². The minimum Gasteiger partial charge on any atom is -0.508 e. The Labute approximate surface area is 137 Å². The predicted octanol–water partition coefficient (Wildman–Crippen LogP) is 3.02. The molecule has 122 valence electrons. The third kappa shape index (κ3) is 2.52. The molecule has 1 atom stereocenters. The number of ketones is 1. The summed E-state index contributed by atoms with van der Waals surface area (Å²) in [6, 6.07) is 10.3. The maximum atomic E-state index is 13.6. The van der Waals surface area contributed by atoms with Crippen LogP contribution in [-0.4, -0.2) is 21.9 Å². The van der Waals surface area contributed by atoms with Crippen molar-refractivity contribution < 1.29 is 24.2 Å². The second-order valence-electron chi connectivity index (χ2n) is 5.47. The number of carbonyl (C=O) groups is 2. The molecule has 0 aliphatic carbocycles. The molecule has 2 aromatic carbocycles. The van der Waals surface area contributed by atoms with Gasteiger partial charge in [-0.15, -0.1) is 0 Å². The largest absolute Gasteiger partial charge is 0.508 e. The molecule has 0 fully saturated rings. The number of aliphatic hydroxyl groups excluding tert-OH is 1. The van der Waals surface area contributed by atoms with Crippen molar-refractivity contribution in [3.8, 4) is 5.75 Å². The van der Waals surface area contributed by atoms with Gasteiger partial charge in [0.25, 0.3) is 5.91 Å². The van der Waals surface area contributed by atoms with Crippen LogP contribution in [0.5, 0.6) is 5.75 Å². The average molecular weight is 327 g/mol. The third-order valence-corrected chi connectivity index (χ3v) is 3.88. The molecule has 1 heterocycles. The van der Waals surface area contributed by atoms with Crippen molar-refractivity contribution >= 4 is 17.4 Å². The quantitative estimate of drug-likeness (QED) is 0.908. The van der Waals surface area contributed by atoms with E-state index in [9.17, 15) is 24.2 Å². The first-order valence-corrected chi connectivity index (χ1v) is 7.22. The van der Waals surface area contributed by atoms with E-state index in [1.807, 2.05) is 0 Å². The Kier molecular flexibility index (Phi) is 3.81. The molecule has 2 N–H and O–H groups in total. The van der Waals surface area contributed by atoms with Crippen molar-refractivity contribution in [3.63, 3.8) is 0 Å². The van der Waals surface area contributed by atoms with E-state index in [1.165, 1.54) is 54.3 Å². The van der Waals surface area contributed by atoms with Gasteiger partial charge in [-0.25, -0.2) is 4.39 Å². The number of aromatic hydroxyl groups is 1. The number of carbonyl (C=O) groups excluding carboxylic acids is 2. The lowest BCUT2D eigenvalue weighted by atomic mass is 9.96. The zero-order chi connectivity index (χ0) is 17.4. The molecular weight excluding hydrogens is 313 g/mol. The Bertz CT molecular complexity index is 858. The van der Waals surface area contributed by atoms with Crippen molar-refractivity contribution in [2.45, 2.75) is 13.0 Å². The number of anilines is 1. The number of amides is 1. The maximum Gasteiger partial charge on any atom is 0.294 e. The fourth-order valence-corrected chi connectivity index (χ4v) is 2.84. The first-order valence-electron chi connectivity index (χ1n) is 7.22. The van der Waals surface area contributed by atoms with E-state index in [0.29, 0.717) is 11.3 Å². The summed E-state index contributed by atoms with van der Waals surface area (Å²) in [5, 5.41) is 19.5. The van der Waals surface area contributed by atoms with E-state index in [0.717, 1.165) is 0 Å². The van der Waals surface area contributed by atoms with Crippen LogP contribution in [0.4, 0.5) is 10.1 Å². The molecule has 24 heavy (non-hydrogen) atoms. The molecule has 1 aliphatic heterocycles. The first-order chi connectivity index (χ1) is 11.4. The molecule has 0 aromatic heterocycles. The van der Waals surface area contributed by atoms with Crippen molar-refractivity contribution in [2.75, 3.05) is 4.90 Å². The van der Waals surface area contributed by atoms with Gasteiger partial charge in [0, 0.05) is 5.69 Å². The fourth-order valence-electron chi connectivity index (χ4n) is 2.84. The number of halogens is 1. The standard InChI is InChI=1S/C18H14FNO4/c1-10(21)15-16(11-3-2-4-12(19)9-11)20(18(24)17(15)23)13-5-7-14(22)8-6-13/h2-9,16,22-23H,1H3/t16-/m1/s1. The number of hydrogen-bond acceptors (Lipinski definition) is 4. The Morgan fingerprint density at radius 2 is 1.79 bits per heavy atom. The lowest BCUT2D eigenvalue weighted by molar-refractivity contribution is -0.117. The third-order valence-electron chi connectivity index (χ3n) is 3.88. The van der Waals surface area contributed by atoms with Gasteiger partial charge in [-0.05, 0) is 48.9 Å². The molecule has 1 aliphatic rings. The molecule has 6 heteroatoms. The van der Waals surface area contributed by atoms with Gasteiger partial charge in [-0.2, -0.15) is 0 Å². The summed E-state index contributed by atoms with van der Waals surface area (Å²) in [4.78, 5) is 25.7. The van der Waals surface area contributed by atoms with Crippen LogP contribution in [-0.2, 0) is 9.59 Å². The summed E-state index contributed by atoms with van der Waals surface area (Å²) in [6.45, 7) is 1.24. The van der Waals surface area contributed by atoms with Gasteiger partial charge in [-0.1, -0.05) is 12.1 Å². The molecular formula is C18H14FNO4. The minimum absolute atomic E-state index is 0.0108.